The van der Waals surface area contributed by atoms with Gasteiger partial charge in [0.25, 0.3) is 0 Å². The number of aliphatic hydroxyl groups is 1. The summed E-state index contributed by atoms with van der Waals surface area (Å²) in [5, 5.41) is 10.5. The van der Waals surface area contributed by atoms with Gasteiger partial charge in [-0.05, 0) is 24.6 Å². The molecule has 0 saturated heterocycles. The topological polar surface area (TPSA) is 64.7 Å². The van der Waals surface area contributed by atoms with Gasteiger partial charge in [-0.2, -0.15) is 0 Å². The van der Waals surface area contributed by atoms with E-state index in [2.05, 4.69) is 0 Å². The van der Waals surface area contributed by atoms with Crippen LogP contribution in [0.4, 0.5) is 0 Å². The third-order valence-electron chi connectivity index (χ3n) is 3.30. The van der Waals surface area contributed by atoms with Gasteiger partial charge >= 0.3 is 0 Å². The normalized spacial score (nSPS) is 14.4. The van der Waals surface area contributed by atoms with Gasteiger partial charge in [0, 0.05) is 5.92 Å². The monoisotopic (exact) mass is 253 g/mol. The maximum atomic E-state index is 10.5. The predicted octanol–water partition coefficient (Wildman–Crippen LogP) is 1.97. The van der Waals surface area contributed by atoms with Crippen LogP contribution in [0.1, 0.15) is 25.5 Å². The van der Waals surface area contributed by atoms with E-state index in [1.165, 1.54) is 0 Å². The third kappa shape index (κ3) is 2.94. The molecule has 0 aliphatic rings. The van der Waals surface area contributed by atoms with Crippen LogP contribution in [0.2, 0.25) is 0 Å². The Morgan fingerprint density at radius 1 is 1.17 bits per heavy atom. The molecule has 0 aliphatic heterocycles. The molecule has 0 amide bonds. The molecule has 4 heteroatoms. The second-order valence-electron chi connectivity index (χ2n) is 4.66. The molecule has 1 aromatic rings. The van der Waals surface area contributed by atoms with Crippen molar-refractivity contribution in [2.24, 2.45) is 17.6 Å². The number of hydrogen-bond acceptors (Lipinski definition) is 4. The molecule has 0 heterocycles. The van der Waals surface area contributed by atoms with Crippen molar-refractivity contribution in [3.8, 4) is 11.5 Å². The first kappa shape index (κ1) is 14.8. The molecule has 1 aromatic carbocycles. The highest BCUT2D eigenvalue weighted by Gasteiger charge is 2.28. The zero-order chi connectivity index (χ0) is 13.7. The Hall–Kier alpha value is -1.26. The minimum absolute atomic E-state index is 0.0322. The fraction of sp³-hybridized carbons (Fsp3) is 0.571. The first-order valence-electron chi connectivity index (χ1n) is 6.15. The fourth-order valence-electron chi connectivity index (χ4n) is 2.15. The fourth-order valence-corrected chi connectivity index (χ4v) is 2.15. The van der Waals surface area contributed by atoms with Crippen molar-refractivity contribution in [1.82, 2.24) is 0 Å². The molecule has 0 bridgehead atoms. The molecule has 0 aliphatic carbocycles. The van der Waals surface area contributed by atoms with Crippen LogP contribution in [0, 0.1) is 11.8 Å². The molecule has 2 unspecified atom stereocenters. The summed E-state index contributed by atoms with van der Waals surface area (Å²) in [6.45, 7) is 4.51. The lowest BCUT2D eigenvalue weighted by Gasteiger charge is -2.27. The molecule has 0 fully saturated rings. The zero-order valence-corrected chi connectivity index (χ0v) is 11.5. The standard InChI is InChI=1S/C14H23NO3/c1-9(2)10(8-15)14(16)13-11(17-3)6-5-7-12(13)18-4/h5-7,9-10,14,16H,8,15H2,1-4H3. The van der Waals surface area contributed by atoms with Gasteiger partial charge in [-0.25, -0.2) is 0 Å². The molecule has 2 atom stereocenters. The summed E-state index contributed by atoms with van der Waals surface area (Å²) in [5.41, 5.74) is 6.43. The highest BCUT2D eigenvalue weighted by atomic mass is 16.5. The van der Waals surface area contributed by atoms with E-state index >= 15 is 0 Å². The van der Waals surface area contributed by atoms with Crippen molar-refractivity contribution in [3.05, 3.63) is 23.8 Å². The Morgan fingerprint density at radius 3 is 2.00 bits per heavy atom. The van der Waals surface area contributed by atoms with E-state index < -0.39 is 6.10 Å². The van der Waals surface area contributed by atoms with E-state index in [-0.39, 0.29) is 11.8 Å². The van der Waals surface area contributed by atoms with Crippen molar-refractivity contribution >= 4 is 0 Å². The molecule has 0 radical (unpaired) electrons. The van der Waals surface area contributed by atoms with Crippen LogP contribution >= 0.6 is 0 Å². The summed E-state index contributed by atoms with van der Waals surface area (Å²) < 4.78 is 10.6. The van der Waals surface area contributed by atoms with Gasteiger partial charge in [0.1, 0.15) is 11.5 Å². The van der Waals surface area contributed by atoms with E-state index in [4.69, 9.17) is 15.2 Å². The second-order valence-corrected chi connectivity index (χ2v) is 4.66. The van der Waals surface area contributed by atoms with Crippen LogP contribution in [0.5, 0.6) is 11.5 Å². The van der Waals surface area contributed by atoms with E-state index in [1.807, 2.05) is 32.0 Å². The third-order valence-corrected chi connectivity index (χ3v) is 3.30. The van der Waals surface area contributed by atoms with Crippen LogP contribution in [0.15, 0.2) is 18.2 Å². The van der Waals surface area contributed by atoms with Gasteiger partial charge in [-0.3, -0.25) is 0 Å². The average molecular weight is 253 g/mol. The lowest BCUT2D eigenvalue weighted by molar-refractivity contribution is 0.0811. The van der Waals surface area contributed by atoms with E-state index in [1.54, 1.807) is 14.2 Å². The predicted molar refractivity (Wildman–Crippen MR) is 71.9 cm³/mol. The molecule has 0 aromatic heterocycles. The molecule has 3 N–H and O–H groups in total. The molecule has 1 rings (SSSR count). The highest BCUT2D eigenvalue weighted by Crippen LogP contribution is 2.39. The van der Waals surface area contributed by atoms with Crippen LogP contribution in [-0.4, -0.2) is 25.9 Å². The summed E-state index contributed by atoms with van der Waals surface area (Å²) in [7, 11) is 3.16. The maximum Gasteiger partial charge on any atom is 0.128 e. The number of ether oxygens (including phenoxy) is 2. The minimum atomic E-state index is -0.693. The van der Waals surface area contributed by atoms with Gasteiger partial charge in [0.05, 0.1) is 25.9 Å². The summed E-state index contributed by atoms with van der Waals surface area (Å²) in [6.07, 6.45) is -0.693. The Bertz CT molecular complexity index is 357. The van der Waals surface area contributed by atoms with Gasteiger partial charge in [0.15, 0.2) is 0 Å². The Morgan fingerprint density at radius 2 is 1.67 bits per heavy atom. The first-order chi connectivity index (χ1) is 8.56. The average Bonchev–Trinajstić information content (AvgIpc) is 2.37. The number of aliphatic hydroxyl groups excluding tert-OH is 1. The van der Waals surface area contributed by atoms with Crippen LogP contribution in [0.25, 0.3) is 0 Å². The lowest BCUT2D eigenvalue weighted by Crippen LogP contribution is -2.27. The maximum absolute atomic E-state index is 10.5. The molecular formula is C14H23NO3. The van der Waals surface area contributed by atoms with Crippen molar-refractivity contribution in [1.29, 1.82) is 0 Å². The van der Waals surface area contributed by atoms with Gasteiger partial charge in [-0.1, -0.05) is 19.9 Å². The Kier molecular flexibility index (Phi) is 5.44. The number of rotatable bonds is 6. The number of hydrogen-bond donors (Lipinski definition) is 2. The van der Waals surface area contributed by atoms with Crippen LogP contribution < -0.4 is 15.2 Å². The lowest BCUT2D eigenvalue weighted by atomic mass is 9.86. The largest absolute Gasteiger partial charge is 0.496 e. The Labute approximate surface area is 109 Å². The molecule has 102 valence electrons. The first-order valence-corrected chi connectivity index (χ1v) is 6.15. The number of methoxy groups -OCH3 is 2. The molecule has 18 heavy (non-hydrogen) atoms. The smallest absolute Gasteiger partial charge is 0.128 e. The summed E-state index contributed by atoms with van der Waals surface area (Å²) >= 11 is 0. The summed E-state index contributed by atoms with van der Waals surface area (Å²) in [6, 6.07) is 5.46. The minimum Gasteiger partial charge on any atom is -0.496 e. The van der Waals surface area contributed by atoms with Crippen molar-refractivity contribution < 1.29 is 14.6 Å². The molecule has 0 spiro atoms. The zero-order valence-electron chi connectivity index (χ0n) is 11.5. The van der Waals surface area contributed by atoms with E-state index in [9.17, 15) is 5.11 Å². The highest BCUT2D eigenvalue weighted by molar-refractivity contribution is 5.46. The molecule has 0 saturated carbocycles. The SMILES string of the molecule is COc1cccc(OC)c1C(O)C(CN)C(C)C. The summed E-state index contributed by atoms with van der Waals surface area (Å²) in [5.74, 6) is 1.50. The quantitative estimate of drug-likeness (QED) is 0.813. The van der Waals surface area contributed by atoms with Gasteiger partial charge in [0.2, 0.25) is 0 Å². The van der Waals surface area contributed by atoms with Gasteiger partial charge < -0.3 is 20.3 Å². The van der Waals surface area contributed by atoms with Crippen molar-refractivity contribution in [3.63, 3.8) is 0 Å². The van der Waals surface area contributed by atoms with Crippen molar-refractivity contribution in [2.45, 2.75) is 20.0 Å². The van der Waals surface area contributed by atoms with Crippen LogP contribution in [0.3, 0.4) is 0 Å². The van der Waals surface area contributed by atoms with Crippen LogP contribution in [-0.2, 0) is 0 Å². The number of nitrogens with two attached hydrogens (primary N) is 1. The van der Waals surface area contributed by atoms with Gasteiger partial charge in [-0.15, -0.1) is 0 Å². The molecule has 4 nitrogen and oxygen atoms in total. The van der Waals surface area contributed by atoms with E-state index in [0.29, 0.717) is 23.6 Å². The van der Waals surface area contributed by atoms with Crippen molar-refractivity contribution in [2.75, 3.05) is 20.8 Å². The second kappa shape index (κ2) is 6.61. The number of benzene rings is 1. The molecular weight excluding hydrogens is 230 g/mol. The Balaban J connectivity index is 3.20. The summed E-state index contributed by atoms with van der Waals surface area (Å²) in [4.78, 5) is 0. The van der Waals surface area contributed by atoms with E-state index in [0.717, 1.165) is 0 Å².